The molecule has 3 unspecified atom stereocenters. The molecule has 2 aliphatic rings. The second kappa shape index (κ2) is 8.38. The third-order valence-electron chi connectivity index (χ3n) is 5.56. The molecular formula is C20H27ClN2O4. The lowest BCUT2D eigenvalue weighted by Gasteiger charge is -2.35. The number of methoxy groups -OCH3 is 2. The number of benzene rings is 1. The van der Waals surface area contributed by atoms with Gasteiger partial charge in [0.1, 0.15) is 11.5 Å². The quantitative estimate of drug-likeness (QED) is 0.798. The van der Waals surface area contributed by atoms with Crippen LogP contribution in [0.2, 0.25) is 5.02 Å². The van der Waals surface area contributed by atoms with Crippen LogP contribution < -0.4 is 14.8 Å². The van der Waals surface area contributed by atoms with Crippen LogP contribution in [0.1, 0.15) is 39.0 Å². The first-order valence-electron chi connectivity index (χ1n) is 9.53. The summed E-state index contributed by atoms with van der Waals surface area (Å²) in [6.07, 6.45) is 4.86. The molecule has 1 aromatic rings. The minimum atomic E-state index is -0.289. The van der Waals surface area contributed by atoms with Crippen molar-refractivity contribution < 1.29 is 19.1 Å². The van der Waals surface area contributed by atoms with E-state index in [-0.39, 0.29) is 23.7 Å². The van der Waals surface area contributed by atoms with E-state index in [1.54, 1.807) is 12.1 Å². The summed E-state index contributed by atoms with van der Waals surface area (Å²) in [4.78, 5) is 27.5. The van der Waals surface area contributed by atoms with E-state index < -0.39 is 0 Å². The smallest absolute Gasteiger partial charge is 0.228 e. The molecular weight excluding hydrogens is 368 g/mol. The van der Waals surface area contributed by atoms with Crippen LogP contribution in [-0.2, 0) is 9.59 Å². The predicted octanol–water partition coefficient (Wildman–Crippen LogP) is 3.72. The van der Waals surface area contributed by atoms with Crippen molar-refractivity contribution in [2.24, 2.45) is 11.8 Å². The first kappa shape index (κ1) is 19.8. The SMILES string of the molecule is CCC1CCCCN1C(=O)C1CC1C(=O)Nc1cc(OC)c(Cl)cc1OC. The van der Waals surface area contributed by atoms with Crippen LogP contribution in [-0.4, -0.2) is 43.5 Å². The number of hydrogen-bond donors (Lipinski definition) is 1. The maximum absolute atomic E-state index is 12.8. The number of nitrogens with zero attached hydrogens (tertiary/aromatic N) is 1. The molecule has 27 heavy (non-hydrogen) atoms. The average molecular weight is 395 g/mol. The Morgan fingerprint density at radius 3 is 2.59 bits per heavy atom. The molecule has 0 aromatic heterocycles. The normalized spacial score (nSPS) is 24.3. The molecule has 2 amide bonds. The van der Waals surface area contributed by atoms with Crippen LogP contribution in [0.15, 0.2) is 12.1 Å². The van der Waals surface area contributed by atoms with Gasteiger partial charge in [-0.25, -0.2) is 0 Å². The molecule has 1 aliphatic heterocycles. The maximum atomic E-state index is 12.8. The summed E-state index contributed by atoms with van der Waals surface area (Å²) >= 11 is 6.10. The molecule has 1 aromatic carbocycles. The zero-order chi connectivity index (χ0) is 19.6. The number of anilines is 1. The van der Waals surface area contributed by atoms with Gasteiger partial charge in [0.2, 0.25) is 11.8 Å². The fraction of sp³-hybridized carbons (Fsp3) is 0.600. The van der Waals surface area contributed by atoms with Crippen LogP contribution in [0.25, 0.3) is 0 Å². The summed E-state index contributed by atoms with van der Waals surface area (Å²) < 4.78 is 10.5. The number of nitrogens with one attached hydrogen (secondary N) is 1. The number of likely N-dealkylation sites (tertiary alicyclic amines) is 1. The average Bonchev–Trinajstić information content (AvgIpc) is 3.49. The van der Waals surface area contributed by atoms with Crippen LogP contribution >= 0.6 is 11.6 Å². The number of ether oxygens (including phenoxy) is 2. The first-order valence-corrected chi connectivity index (χ1v) is 9.90. The molecule has 0 spiro atoms. The van der Waals surface area contributed by atoms with Crippen molar-refractivity contribution in [3.63, 3.8) is 0 Å². The molecule has 0 bridgehead atoms. The van der Waals surface area contributed by atoms with Crippen LogP contribution in [0, 0.1) is 11.8 Å². The van der Waals surface area contributed by atoms with Gasteiger partial charge < -0.3 is 19.7 Å². The minimum absolute atomic E-state index is 0.127. The Balaban J connectivity index is 1.66. The van der Waals surface area contributed by atoms with Gasteiger partial charge in [-0.05, 0) is 32.1 Å². The van der Waals surface area contributed by atoms with Gasteiger partial charge in [0.15, 0.2) is 0 Å². The van der Waals surface area contributed by atoms with Gasteiger partial charge in [-0.15, -0.1) is 0 Å². The summed E-state index contributed by atoms with van der Waals surface area (Å²) in [6, 6.07) is 3.55. The highest BCUT2D eigenvalue weighted by Gasteiger charge is 2.50. The van der Waals surface area contributed by atoms with Crippen LogP contribution in [0.4, 0.5) is 5.69 Å². The molecule has 1 saturated carbocycles. The molecule has 6 nitrogen and oxygen atoms in total. The molecule has 1 N–H and O–H groups in total. The molecule has 3 atom stereocenters. The largest absolute Gasteiger partial charge is 0.495 e. The standard InChI is InChI=1S/C20H27ClN2O4/c1-4-12-7-5-6-8-23(12)20(25)14-9-13(14)19(24)22-16-11-17(26-2)15(21)10-18(16)27-3/h10-14H,4-9H2,1-3H3,(H,22,24). The predicted molar refractivity (Wildman–Crippen MR) is 104 cm³/mol. The zero-order valence-corrected chi connectivity index (χ0v) is 16.8. The molecule has 0 radical (unpaired) electrons. The topological polar surface area (TPSA) is 67.9 Å². The number of hydrogen-bond acceptors (Lipinski definition) is 4. The molecule has 2 fully saturated rings. The van der Waals surface area contributed by atoms with Gasteiger partial charge in [-0.2, -0.15) is 0 Å². The van der Waals surface area contributed by atoms with E-state index in [0.717, 1.165) is 25.8 Å². The Kier molecular flexibility index (Phi) is 6.15. The summed E-state index contributed by atoms with van der Waals surface area (Å²) in [5.74, 6) is 0.374. The van der Waals surface area contributed by atoms with E-state index in [9.17, 15) is 9.59 Å². The van der Waals surface area contributed by atoms with Crippen molar-refractivity contribution in [1.82, 2.24) is 4.90 Å². The Bertz CT molecular complexity index is 724. The van der Waals surface area contributed by atoms with Crippen LogP contribution in [0.5, 0.6) is 11.5 Å². The molecule has 1 saturated heterocycles. The van der Waals surface area contributed by atoms with Gasteiger partial charge in [0.25, 0.3) is 0 Å². The number of amides is 2. The fourth-order valence-corrected chi connectivity index (χ4v) is 4.10. The van der Waals surface area contributed by atoms with Gasteiger partial charge in [-0.1, -0.05) is 18.5 Å². The minimum Gasteiger partial charge on any atom is -0.495 e. The van der Waals surface area contributed by atoms with Crippen molar-refractivity contribution in [2.45, 2.75) is 45.1 Å². The van der Waals surface area contributed by atoms with E-state index in [2.05, 4.69) is 12.2 Å². The summed E-state index contributed by atoms with van der Waals surface area (Å²) in [7, 11) is 3.02. The number of piperidine rings is 1. The third-order valence-corrected chi connectivity index (χ3v) is 5.85. The molecule has 148 valence electrons. The maximum Gasteiger partial charge on any atom is 0.228 e. The summed E-state index contributed by atoms with van der Waals surface area (Å²) in [5, 5.41) is 3.27. The second-order valence-corrected chi connectivity index (χ2v) is 7.62. The van der Waals surface area contributed by atoms with Gasteiger partial charge >= 0.3 is 0 Å². The molecule has 3 rings (SSSR count). The van der Waals surface area contributed by atoms with Crippen molar-refractivity contribution in [3.05, 3.63) is 17.2 Å². The van der Waals surface area contributed by atoms with Crippen LogP contribution in [0.3, 0.4) is 0 Å². The van der Waals surface area contributed by atoms with E-state index in [0.29, 0.717) is 34.7 Å². The fourth-order valence-electron chi connectivity index (χ4n) is 3.87. The number of halogens is 1. The molecule has 7 heteroatoms. The lowest BCUT2D eigenvalue weighted by atomic mass is 9.99. The van der Waals surface area contributed by atoms with Gasteiger partial charge in [0, 0.05) is 24.7 Å². The highest BCUT2D eigenvalue weighted by atomic mass is 35.5. The monoisotopic (exact) mass is 394 g/mol. The van der Waals surface area contributed by atoms with Crippen molar-refractivity contribution in [1.29, 1.82) is 0 Å². The van der Waals surface area contributed by atoms with Crippen molar-refractivity contribution >= 4 is 29.1 Å². The zero-order valence-electron chi connectivity index (χ0n) is 16.1. The highest BCUT2D eigenvalue weighted by molar-refractivity contribution is 6.32. The van der Waals surface area contributed by atoms with Crippen molar-refractivity contribution in [3.8, 4) is 11.5 Å². The second-order valence-electron chi connectivity index (χ2n) is 7.21. The summed E-state index contributed by atoms with van der Waals surface area (Å²) in [6.45, 7) is 2.93. The Morgan fingerprint density at radius 2 is 1.93 bits per heavy atom. The number of rotatable bonds is 6. The lowest BCUT2D eigenvalue weighted by Crippen LogP contribution is -2.44. The van der Waals surface area contributed by atoms with E-state index in [4.69, 9.17) is 21.1 Å². The van der Waals surface area contributed by atoms with Gasteiger partial charge in [-0.3, -0.25) is 9.59 Å². The van der Waals surface area contributed by atoms with Gasteiger partial charge in [0.05, 0.1) is 36.8 Å². The third kappa shape index (κ3) is 4.15. The Hall–Kier alpha value is -1.95. The van der Waals surface area contributed by atoms with E-state index in [1.165, 1.54) is 20.6 Å². The Labute approximate surface area is 165 Å². The van der Waals surface area contributed by atoms with E-state index >= 15 is 0 Å². The lowest BCUT2D eigenvalue weighted by molar-refractivity contribution is -0.137. The Morgan fingerprint density at radius 1 is 1.19 bits per heavy atom. The molecule has 1 aliphatic carbocycles. The summed E-state index contributed by atoms with van der Waals surface area (Å²) in [5.41, 5.74) is 0.492. The number of carbonyl (C=O) groups excluding carboxylic acids is 2. The first-order chi connectivity index (χ1) is 13.0. The van der Waals surface area contributed by atoms with Crippen molar-refractivity contribution in [2.75, 3.05) is 26.1 Å². The highest BCUT2D eigenvalue weighted by Crippen LogP contribution is 2.43. The number of carbonyl (C=O) groups is 2. The van der Waals surface area contributed by atoms with E-state index in [1.807, 2.05) is 4.90 Å². The molecule has 1 heterocycles.